The molecule has 1 unspecified atom stereocenters. The summed E-state index contributed by atoms with van der Waals surface area (Å²) in [7, 11) is 0. The molecule has 1 heterocycles. The van der Waals surface area contributed by atoms with Crippen molar-refractivity contribution in [3.63, 3.8) is 0 Å². The number of carboxylic acid groups (broad SMARTS) is 1. The van der Waals surface area contributed by atoms with Gasteiger partial charge in [-0.3, -0.25) is 0 Å². The Kier molecular flexibility index (Phi) is 4.71. The van der Waals surface area contributed by atoms with E-state index in [0.717, 1.165) is 0 Å². The first-order valence-electron chi connectivity index (χ1n) is 5.28. The molecule has 0 aliphatic rings. The van der Waals surface area contributed by atoms with Gasteiger partial charge in [-0.25, -0.2) is 9.78 Å². The van der Waals surface area contributed by atoms with Gasteiger partial charge in [0.05, 0.1) is 12.3 Å². The maximum absolute atomic E-state index is 10.7. The van der Waals surface area contributed by atoms with Gasteiger partial charge in [0.15, 0.2) is 5.69 Å². The van der Waals surface area contributed by atoms with E-state index in [1.807, 2.05) is 6.92 Å². The van der Waals surface area contributed by atoms with E-state index in [4.69, 9.17) is 20.3 Å². The second kappa shape index (κ2) is 6.05. The van der Waals surface area contributed by atoms with E-state index >= 15 is 0 Å². The summed E-state index contributed by atoms with van der Waals surface area (Å²) in [5.41, 5.74) is 5.85. The van der Waals surface area contributed by atoms with Crippen LogP contribution in [0.5, 0.6) is 5.88 Å². The van der Waals surface area contributed by atoms with Gasteiger partial charge in [0.25, 0.3) is 0 Å². The van der Waals surface area contributed by atoms with Crippen molar-refractivity contribution in [2.24, 2.45) is 0 Å². The Morgan fingerprint density at radius 2 is 2.29 bits per heavy atom. The van der Waals surface area contributed by atoms with Gasteiger partial charge in [-0.15, -0.1) is 0 Å². The number of carbonyl (C=O) groups is 1. The largest absolute Gasteiger partial charge is 0.477 e. The lowest BCUT2D eigenvalue weighted by Gasteiger charge is -2.15. The highest BCUT2D eigenvalue weighted by molar-refractivity contribution is 5.86. The lowest BCUT2D eigenvalue weighted by Crippen LogP contribution is -2.20. The Balaban J connectivity index is 2.75. The van der Waals surface area contributed by atoms with Crippen molar-refractivity contribution < 1.29 is 19.4 Å². The molecule has 0 saturated carbocycles. The minimum absolute atomic E-state index is 0.0993. The van der Waals surface area contributed by atoms with Gasteiger partial charge in [-0.2, -0.15) is 0 Å². The summed E-state index contributed by atoms with van der Waals surface area (Å²) in [5.74, 6) is -0.996. The topological polar surface area (TPSA) is 94.7 Å². The first kappa shape index (κ1) is 13.2. The maximum Gasteiger partial charge on any atom is 0.354 e. The van der Waals surface area contributed by atoms with Crippen LogP contribution < -0.4 is 10.5 Å². The quantitative estimate of drug-likeness (QED) is 0.775. The molecular formula is C11H16N2O4. The molecule has 0 saturated heterocycles. The van der Waals surface area contributed by atoms with Crippen molar-refractivity contribution in [2.75, 3.05) is 18.9 Å². The first-order valence-corrected chi connectivity index (χ1v) is 5.28. The molecule has 0 fully saturated rings. The monoisotopic (exact) mass is 240 g/mol. The molecule has 1 rings (SSSR count). The molecule has 0 radical (unpaired) electrons. The van der Waals surface area contributed by atoms with E-state index in [2.05, 4.69) is 4.98 Å². The molecule has 0 bridgehead atoms. The summed E-state index contributed by atoms with van der Waals surface area (Å²) in [6, 6.07) is 2.79. The predicted molar refractivity (Wildman–Crippen MR) is 62.2 cm³/mol. The molecule has 3 N–H and O–H groups in total. The van der Waals surface area contributed by atoms with Crippen LogP contribution in [0.1, 0.15) is 24.3 Å². The minimum atomic E-state index is -1.12. The fourth-order valence-electron chi connectivity index (χ4n) is 1.17. The summed E-state index contributed by atoms with van der Waals surface area (Å²) in [6.07, 6.45) is -0.242. The number of aromatic nitrogens is 1. The van der Waals surface area contributed by atoms with Crippen LogP contribution in [-0.4, -0.2) is 35.4 Å². The van der Waals surface area contributed by atoms with Crippen LogP contribution in [0.15, 0.2) is 12.1 Å². The molecule has 1 atom stereocenters. The third-order valence-corrected chi connectivity index (χ3v) is 1.98. The molecular weight excluding hydrogens is 224 g/mol. The van der Waals surface area contributed by atoms with E-state index in [0.29, 0.717) is 18.9 Å². The number of carboxylic acids is 1. The van der Waals surface area contributed by atoms with Crippen LogP contribution in [-0.2, 0) is 4.74 Å². The first-order chi connectivity index (χ1) is 8.04. The van der Waals surface area contributed by atoms with Gasteiger partial charge in [0, 0.05) is 6.61 Å². The predicted octanol–water partition coefficient (Wildman–Crippen LogP) is 1.17. The highest BCUT2D eigenvalue weighted by Crippen LogP contribution is 2.19. The van der Waals surface area contributed by atoms with E-state index in [-0.39, 0.29) is 17.7 Å². The lowest BCUT2D eigenvalue weighted by molar-refractivity contribution is 0.0623. The molecule has 0 aromatic carbocycles. The zero-order valence-corrected chi connectivity index (χ0v) is 9.84. The van der Waals surface area contributed by atoms with Gasteiger partial charge in [0.2, 0.25) is 5.88 Å². The Morgan fingerprint density at radius 1 is 1.59 bits per heavy atom. The average molecular weight is 240 g/mol. The number of hydrogen-bond acceptors (Lipinski definition) is 5. The van der Waals surface area contributed by atoms with E-state index in [9.17, 15) is 4.79 Å². The fraction of sp³-hybridized carbons (Fsp3) is 0.455. The molecule has 17 heavy (non-hydrogen) atoms. The molecule has 0 amide bonds. The average Bonchev–Trinajstić information content (AvgIpc) is 2.29. The summed E-state index contributed by atoms with van der Waals surface area (Å²) in [5, 5.41) is 8.79. The normalized spacial score (nSPS) is 12.1. The van der Waals surface area contributed by atoms with Crippen molar-refractivity contribution in [1.29, 1.82) is 0 Å². The molecule has 0 aliphatic carbocycles. The van der Waals surface area contributed by atoms with Crippen molar-refractivity contribution in [3.05, 3.63) is 17.8 Å². The summed E-state index contributed by atoms with van der Waals surface area (Å²) < 4.78 is 10.6. The maximum atomic E-state index is 10.7. The molecule has 6 nitrogen and oxygen atoms in total. The van der Waals surface area contributed by atoms with Crippen LogP contribution in [0, 0.1) is 0 Å². The molecule has 6 heteroatoms. The zero-order valence-electron chi connectivity index (χ0n) is 9.84. The van der Waals surface area contributed by atoms with Crippen LogP contribution >= 0.6 is 0 Å². The van der Waals surface area contributed by atoms with Crippen molar-refractivity contribution in [2.45, 2.75) is 20.0 Å². The zero-order chi connectivity index (χ0) is 12.8. The second-order valence-electron chi connectivity index (χ2n) is 3.48. The van der Waals surface area contributed by atoms with Crippen LogP contribution in [0.2, 0.25) is 0 Å². The standard InChI is InChI=1S/C11H16N2O4/c1-3-16-6-7(2)17-10-8(12)4-5-9(13-10)11(14)15/h4-5,7H,3,6,12H2,1-2H3,(H,14,15). The molecule has 0 aliphatic heterocycles. The lowest BCUT2D eigenvalue weighted by atomic mass is 10.3. The summed E-state index contributed by atoms with van der Waals surface area (Å²) in [4.78, 5) is 14.6. The smallest absolute Gasteiger partial charge is 0.354 e. The number of nitrogens with two attached hydrogens (primary N) is 1. The van der Waals surface area contributed by atoms with Gasteiger partial charge in [0.1, 0.15) is 6.10 Å². The minimum Gasteiger partial charge on any atom is -0.477 e. The number of aromatic carboxylic acids is 1. The molecule has 94 valence electrons. The summed E-state index contributed by atoms with van der Waals surface area (Å²) in [6.45, 7) is 4.66. The summed E-state index contributed by atoms with van der Waals surface area (Å²) >= 11 is 0. The number of pyridine rings is 1. The number of nitrogen functional groups attached to an aromatic ring is 1. The number of hydrogen-bond donors (Lipinski definition) is 2. The SMILES string of the molecule is CCOCC(C)Oc1nc(C(=O)O)ccc1N. The number of nitrogens with zero attached hydrogens (tertiary/aromatic N) is 1. The van der Waals surface area contributed by atoms with E-state index in [1.165, 1.54) is 12.1 Å². The third-order valence-electron chi connectivity index (χ3n) is 1.98. The second-order valence-corrected chi connectivity index (χ2v) is 3.48. The van der Waals surface area contributed by atoms with Gasteiger partial charge < -0.3 is 20.3 Å². The number of ether oxygens (including phenoxy) is 2. The van der Waals surface area contributed by atoms with Crippen LogP contribution in [0.3, 0.4) is 0 Å². The van der Waals surface area contributed by atoms with Crippen molar-refractivity contribution in [1.82, 2.24) is 4.98 Å². The highest BCUT2D eigenvalue weighted by Gasteiger charge is 2.12. The fourth-order valence-corrected chi connectivity index (χ4v) is 1.17. The number of anilines is 1. The Labute approximate surface area is 99.4 Å². The Bertz CT molecular complexity index is 395. The van der Waals surface area contributed by atoms with E-state index < -0.39 is 5.97 Å². The third kappa shape index (κ3) is 3.92. The number of rotatable bonds is 6. The van der Waals surface area contributed by atoms with Gasteiger partial charge in [-0.1, -0.05) is 0 Å². The van der Waals surface area contributed by atoms with Gasteiger partial charge in [-0.05, 0) is 26.0 Å². The molecule has 1 aromatic heterocycles. The Hall–Kier alpha value is -1.82. The Morgan fingerprint density at radius 3 is 2.88 bits per heavy atom. The van der Waals surface area contributed by atoms with Crippen molar-refractivity contribution in [3.8, 4) is 5.88 Å². The van der Waals surface area contributed by atoms with Gasteiger partial charge >= 0.3 is 5.97 Å². The van der Waals surface area contributed by atoms with Crippen molar-refractivity contribution >= 4 is 11.7 Å². The van der Waals surface area contributed by atoms with E-state index in [1.54, 1.807) is 6.92 Å². The highest BCUT2D eigenvalue weighted by atomic mass is 16.5. The molecule has 0 spiro atoms. The van der Waals surface area contributed by atoms with Crippen LogP contribution in [0.25, 0.3) is 0 Å². The van der Waals surface area contributed by atoms with Crippen LogP contribution in [0.4, 0.5) is 5.69 Å². The molecule has 1 aromatic rings.